The zero-order valence-electron chi connectivity index (χ0n) is 14.4. The van der Waals surface area contributed by atoms with Crippen LogP contribution >= 0.6 is 12.2 Å². The second kappa shape index (κ2) is 7.49. The van der Waals surface area contributed by atoms with Crippen molar-refractivity contribution in [2.24, 2.45) is 11.8 Å². The lowest BCUT2D eigenvalue weighted by Crippen LogP contribution is -2.41. The van der Waals surface area contributed by atoms with E-state index < -0.39 is 0 Å². The third-order valence-corrected chi connectivity index (χ3v) is 4.88. The fourth-order valence-electron chi connectivity index (χ4n) is 3.46. The molecule has 6 nitrogen and oxygen atoms in total. The summed E-state index contributed by atoms with van der Waals surface area (Å²) in [4.78, 5) is 29.8. The van der Waals surface area contributed by atoms with Gasteiger partial charge < -0.3 is 15.0 Å². The molecule has 134 valence electrons. The van der Waals surface area contributed by atoms with Gasteiger partial charge in [-0.3, -0.25) is 14.6 Å². The molecule has 0 bridgehead atoms. The highest BCUT2D eigenvalue weighted by Crippen LogP contribution is 2.25. The lowest BCUT2D eigenvalue weighted by molar-refractivity contribution is -0.0510. The van der Waals surface area contributed by atoms with Crippen LogP contribution in [0.15, 0.2) is 23.0 Å². The number of aromatic nitrogens is 2. The molecule has 1 aliphatic heterocycles. The van der Waals surface area contributed by atoms with Crippen molar-refractivity contribution in [2.75, 3.05) is 13.2 Å². The second-order valence-electron chi connectivity index (χ2n) is 6.86. The minimum absolute atomic E-state index is 0.158. The quantitative estimate of drug-likeness (QED) is 0.731. The zero-order chi connectivity index (χ0) is 18.0. The van der Waals surface area contributed by atoms with Gasteiger partial charge in [0.25, 0.3) is 11.5 Å². The van der Waals surface area contributed by atoms with Crippen molar-refractivity contribution in [3.63, 3.8) is 0 Å². The van der Waals surface area contributed by atoms with Crippen molar-refractivity contribution in [1.82, 2.24) is 15.3 Å². The topological polar surface area (TPSA) is 87.0 Å². The number of carbonyl (C=O) groups is 1. The van der Waals surface area contributed by atoms with Crippen LogP contribution in [-0.4, -0.2) is 35.1 Å². The maximum Gasteiger partial charge on any atom is 0.259 e. The number of hydrogen-bond donors (Lipinski definition) is 3. The molecule has 0 radical (unpaired) electrons. The first kappa shape index (κ1) is 17.8. The number of carbonyl (C=O) groups excluding carboxylic acids is 1. The number of benzene rings is 1. The Balaban J connectivity index is 1.74. The molecule has 7 heteroatoms. The second-order valence-corrected chi connectivity index (χ2v) is 7.27. The average Bonchev–Trinajstić information content (AvgIpc) is 2.59. The van der Waals surface area contributed by atoms with E-state index >= 15 is 0 Å². The van der Waals surface area contributed by atoms with Crippen LogP contribution in [0.3, 0.4) is 0 Å². The van der Waals surface area contributed by atoms with Crippen LogP contribution in [0.1, 0.15) is 37.0 Å². The van der Waals surface area contributed by atoms with Crippen molar-refractivity contribution in [3.8, 4) is 0 Å². The van der Waals surface area contributed by atoms with Gasteiger partial charge in [-0.15, -0.1) is 0 Å². The molecular formula is C18H23N3O3S. The third-order valence-electron chi connectivity index (χ3n) is 4.68. The molecule has 0 spiro atoms. The first-order valence-corrected chi connectivity index (χ1v) is 9.02. The van der Waals surface area contributed by atoms with Crippen LogP contribution in [0.2, 0.25) is 0 Å². The van der Waals surface area contributed by atoms with Gasteiger partial charge in [0, 0.05) is 24.6 Å². The maximum atomic E-state index is 12.5. The number of hydrogen-bond acceptors (Lipinski definition) is 4. The number of amides is 1. The Kier molecular flexibility index (Phi) is 5.34. The summed E-state index contributed by atoms with van der Waals surface area (Å²) in [7, 11) is 0. The number of ether oxygens (including phenoxy) is 1. The predicted molar refractivity (Wildman–Crippen MR) is 99.4 cm³/mol. The van der Waals surface area contributed by atoms with Gasteiger partial charge in [0.2, 0.25) is 0 Å². The molecule has 1 fully saturated rings. The summed E-state index contributed by atoms with van der Waals surface area (Å²) in [6.45, 7) is 5.68. The zero-order valence-corrected chi connectivity index (χ0v) is 15.2. The highest BCUT2D eigenvalue weighted by atomic mass is 32.1. The molecule has 1 amide bonds. The molecule has 1 aliphatic rings. The van der Waals surface area contributed by atoms with Crippen molar-refractivity contribution in [2.45, 2.75) is 32.8 Å². The van der Waals surface area contributed by atoms with E-state index in [4.69, 9.17) is 17.0 Å². The molecule has 2 aromatic rings. The summed E-state index contributed by atoms with van der Waals surface area (Å²) in [6, 6.07) is 4.95. The van der Waals surface area contributed by atoms with Crippen molar-refractivity contribution < 1.29 is 9.53 Å². The van der Waals surface area contributed by atoms with E-state index in [1.807, 2.05) is 0 Å². The van der Waals surface area contributed by atoms with Crippen LogP contribution in [0.5, 0.6) is 0 Å². The molecular weight excluding hydrogens is 338 g/mol. The van der Waals surface area contributed by atoms with Crippen molar-refractivity contribution in [1.29, 1.82) is 0 Å². The van der Waals surface area contributed by atoms with E-state index in [0.717, 1.165) is 19.4 Å². The average molecular weight is 361 g/mol. The normalized spacial score (nSPS) is 20.8. The summed E-state index contributed by atoms with van der Waals surface area (Å²) in [5.74, 6) is 0.594. The summed E-state index contributed by atoms with van der Waals surface area (Å²) >= 11 is 4.98. The van der Waals surface area contributed by atoms with Gasteiger partial charge in [0.15, 0.2) is 4.77 Å². The SMILES string of the molecule is CC(C)[C@H]1OCCC[C@@H]1CNC(=O)c1ccc2c(=O)[nH]c(=S)[nH]c2c1. The molecule has 25 heavy (non-hydrogen) atoms. The minimum Gasteiger partial charge on any atom is -0.378 e. The van der Waals surface area contributed by atoms with E-state index in [2.05, 4.69) is 29.1 Å². The fourth-order valence-corrected chi connectivity index (χ4v) is 3.66. The van der Waals surface area contributed by atoms with Gasteiger partial charge in [0.1, 0.15) is 0 Å². The van der Waals surface area contributed by atoms with E-state index in [1.165, 1.54) is 0 Å². The van der Waals surface area contributed by atoms with E-state index in [-0.39, 0.29) is 22.3 Å². The largest absolute Gasteiger partial charge is 0.378 e. The Hall–Kier alpha value is -1.99. The Morgan fingerprint density at radius 2 is 2.20 bits per heavy atom. The van der Waals surface area contributed by atoms with E-state index in [0.29, 0.717) is 34.8 Å². The van der Waals surface area contributed by atoms with Gasteiger partial charge in [-0.1, -0.05) is 13.8 Å². The van der Waals surface area contributed by atoms with Crippen LogP contribution in [-0.2, 0) is 4.74 Å². The summed E-state index contributed by atoms with van der Waals surface area (Å²) in [5, 5.41) is 3.48. The molecule has 1 aromatic heterocycles. The standard InChI is InChI=1S/C18H23N3O3S/c1-10(2)15-12(4-3-7-24-15)9-19-16(22)11-5-6-13-14(8-11)20-18(25)21-17(13)23/h5-6,8,10,12,15H,3-4,7,9H2,1-2H3,(H,19,22)(H2,20,21,23,25)/t12-,15-/m1/s1. The Labute approximate surface area is 151 Å². The Morgan fingerprint density at radius 3 is 2.96 bits per heavy atom. The number of rotatable bonds is 4. The number of H-pyrrole nitrogens is 2. The highest BCUT2D eigenvalue weighted by Gasteiger charge is 2.28. The van der Waals surface area contributed by atoms with Gasteiger partial charge in [-0.2, -0.15) is 0 Å². The highest BCUT2D eigenvalue weighted by molar-refractivity contribution is 7.71. The van der Waals surface area contributed by atoms with Gasteiger partial charge in [-0.25, -0.2) is 0 Å². The summed E-state index contributed by atoms with van der Waals surface area (Å²) < 4.78 is 6.11. The number of nitrogens with one attached hydrogen (secondary N) is 3. The first-order valence-electron chi connectivity index (χ1n) is 8.62. The molecule has 2 heterocycles. The molecule has 1 saturated heterocycles. The number of aromatic amines is 2. The molecule has 1 aromatic carbocycles. The number of fused-ring (bicyclic) bond motifs is 1. The maximum absolute atomic E-state index is 12.5. The minimum atomic E-state index is -0.259. The van der Waals surface area contributed by atoms with Crippen LogP contribution in [0.25, 0.3) is 10.9 Å². The lowest BCUT2D eigenvalue weighted by atomic mass is 9.87. The Morgan fingerprint density at radius 1 is 1.40 bits per heavy atom. The van der Waals surface area contributed by atoms with Crippen LogP contribution in [0.4, 0.5) is 0 Å². The van der Waals surface area contributed by atoms with E-state index in [9.17, 15) is 9.59 Å². The van der Waals surface area contributed by atoms with Gasteiger partial charge >= 0.3 is 0 Å². The van der Waals surface area contributed by atoms with Gasteiger partial charge in [-0.05, 0) is 49.2 Å². The van der Waals surface area contributed by atoms with Crippen molar-refractivity contribution in [3.05, 3.63) is 38.9 Å². The smallest absolute Gasteiger partial charge is 0.259 e. The van der Waals surface area contributed by atoms with Gasteiger partial charge in [0.05, 0.1) is 17.0 Å². The van der Waals surface area contributed by atoms with E-state index in [1.54, 1.807) is 18.2 Å². The fraction of sp³-hybridized carbons (Fsp3) is 0.500. The molecule has 0 unspecified atom stereocenters. The van der Waals surface area contributed by atoms with Crippen LogP contribution < -0.4 is 10.9 Å². The lowest BCUT2D eigenvalue weighted by Gasteiger charge is -2.34. The molecule has 0 saturated carbocycles. The first-order chi connectivity index (χ1) is 12.0. The molecule has 2 atom stereocenters. The monoisotopic (exact) mass is 361 g/mol. The van der Waals surface area contributed by atoms with Crippen molar-refractivity contribution >= 4 is 29.0 Å². The molecule has 3 rings (SSSR count). The summed E-state index contributed by atoms with van der Waals surface area (Å²) in [5.41, 5.74) is 0.800. The Bertz CT molecular complexity index is 887. The third kappa shape index (κ3) is 3.99. The predicted octanol–water partition coefficient (Wildman–Crippen LogP) is 2.77. The molecule has 3 N–H and O–H groups in total. The molecule has 0 aliphatic carbocycles. The summed E-state index contributed by atoms with van der Waals surface area (Å²) in [6.07, 6.45) is 2.27. The van der Waals surface area contributed by atoms with Crippen LogP contribution in [0, 0.1) is 16.6 Å².